The van der Waals surface area contributed by atoms with Gasteiger partial charge in [0, 0.05) is 24.1 Å². The number of allylic oxidation sites excluding steroid dienone is 1. The van der Waals surface area contributed by atoms with Crippen LogP contribution < -0.4 is 0 Å². The molecule has 2 fully saturated rings. The lowest BCUT2D eigenvalue weighted by Gasteiger charge is -2.22. The monoisotopic (exact) mass is 239 g/mol. The summed E-state index contributed by atoms with van der Waals surface area (Å²) in [6, 6.07) is 0.203. The fourth-order valence-corrected chi connectivity index (χ4v) is 2.83. The Morgan fingerprint density at radius 2 is 2.18 bits per heavy atom. The first-order valence-corrected chi connectivity index (χ1v) is 6.35. The Hall–Kier alpha value is -0.870. The highest BCUT2D eigenvalue weighted by Crippen LogP contribution is 2.33. The molecule has 2 aliphatic heterocycles. The topological polar surface area (TPSA) is 49.8 Å². The number of nitrogens with zero attached hydrogens (tertiary/aromatic N) is 1. The Labute approximate surface area is 102 Å². The molecule has 0 saturated carbocycles. The number of hydrogen-bond acceptors (Lipinski definition) is 4. The van der Waals surface area contributed by atoms with Gasteiger partial charge in [0.1, 0.15) is 0 Å². The van der Waals surface area contributed by atoms with Crippen LogP contribution in [0.2, 0.25) is 0 Å². The highest BCUT2D eigenvalue weighted by molar-refractivity contribution is 5.87. The van der Waals surface area contributed by atoms with E-state index in [9.17, 15) is 9.90 Å². The second-order valence-corrected chi connectivity index (χ2v) is 5.00. The normalized spacial score (nSPS) is 33.8. The van der Waals surface area contributed by atoms with Crippen molar-refractivity contribution in [3.8, 4) is 0 Å². The smallest absolute Gasteiger partial charge is 0.333 e. The van der Waals surface area contributed by atoms with Gasteiger partial charge in [-0.25, -0.2) is 4.79 Å². The number of rotatable bonds is 3. The molecule has 0 amide bonds. The van der Waals surface area contributed by atoms with Crippen LogP contribution in [0, 0.1) is 5.92 Å². The first kappa shape index (κ1) is 12.6. The van der Waals surface area contributed by atoms with E-state index in [2.05, 4.69) is 4.90 Å². The van der Waals surface area contributed by atoms with E-state index in [-0.39, 0.29) is 18.1 Å². The summed E-state index contributed by atoms with van der Waals surface area (Å²) in [4.78, 5) is 13.8. The number of esters is 1. The molecule has 3 atom stereocenters. The van der Waals surface area contributed by atoms with Gasteiger partial charge in [0.05, 0.1) is 12.7 Å². The minimum Gasteiger partial charge on any atom is -0.462 e. The Kier molecular flexibility index (Phi) is 3.84. The summed E-state index contributed by atoms with van der Waals surface area (Å²) in [5.74, 6) is 0.0551. The molecule has 96 valence electrons. The van der Waals surface area contributed by atoms with Gasteiger partial charge >= 0.3 is 5.97 Å². The first-order valence-electron chi connectivity index (χ1n) is 6.35. The number of aliphatic hydroxyl groups is 1. The van der Waals surface area contributed by atoms with Gasteiger partial charge in [-0.1, -0.05) is 6.08 Å². The predicted molar refractivity (Wildman–Crippen MR) is 64.5 cm³/mol. The van der Waals surface area contributed by atoms with Gasteiger partial charge in [-0.05, 0) is 33.2 Å². The maximum atomic E-state index is 11.5. The number of hydrogen-bond donors (Lipinski definition) is 1. The van der Waals surface area contributed by atoms with E-state index in [1.54, 1.807) is 13.0 Å². The molecule has 4 nitrogen and oxygen atoms in total. The molecule has 17 heavy (non-hydrogen) atoms. The summed E-state index contributed by atoms with van der Waals surface area (Å²) in [7, 11) is 0. The summed E-state index contributed by atoms with van der Waals surface area (Å²) in [5, 5.41) is 9.90. The van der Waals surface area contributed by atoms with E-state index in [0.29, 0.717) is 18.1 Å². The largest absolute Gasteiger partial charge is 0.462 e. The average Bonchev–Trinajstić information content (AvgIpc) is 2.89. The molecule has 2 saturated heterocycles. The lowest BCUT2D eigenvalue weighted by molar-refractivity contribution is -0.140. The number of fused-ring (bicyclic) bond motifs is 1. The highest BCUT2D eigenvalue weighted by Gasteiger charge is 2.43. The Balaban J connectivity index is 1.86. The van der Waals surface area contributed by atoms with Crippen molar-refractivity contribution in [3.63, 3.8) is 0 Å². The van der Waals surface area contributed by atoms with Gasteiger partial charge in [-0.15, -0.1) is 0 Å². The van der Waals surface area contributed by atoms with Crippen molar-refractivity contribution in [1.29, 1.82) is 0 Å². The van der Waals surface area contributed by atoms with Crippen LogP contribution in [0.4, 0.5) is 0 Å². The molecule has 2 rings (SSSR count). The van der Waals surface area contributed by atoms with E-state index in [1.165, 1.54) is 0 Å². The van der Waals surface area contributed by atoms with Gasteiger partial charge in [0.25, 0.3) is 0 Å². The second kappa shape index (κ2) is 5.19. The number of aliphatic hydroxyl groups excluding tert-OH is 1. The summed E-state index contributed by atoms with van der Waals surface area (Å²) in [6.07, 6.45) is 3.38. The number of carbonyl (C=O) groups is 1. The van der Waals surface area contributed by atoms with Gasteiger partial charge < -0.3 is 9.84 Å². The molecule has 1 N–H and O–H groups in total. The van der Waals surface area contributed by atoms with Crippen LogP contribution in [0.25, 0.3) is 0 Å². The van der Waals surface area contributed by atoms with Crippen molar-refractivity contribution in [3.05, 3.63) is 11.6 Å². The lowest BCUT2D eigenvalue weighted by atomic mass is 9.97. The third-order valence-electron chi connectivity index (χ3n) is 3.98. The predicted octanol–water partition coefficient (Wildman–Crippen LogP) is 0.951. The van der Waals surface area contributed by atoms with Gasteiger partial charge in [-0.3, -0.25) is 4.90 Å². The van der Waals surface area contributed by atoms with Crippen molar-refractivity contribution in [1.82, 2.24) is 4.90 Å². The lowest BCUT2D eigenvalue weighted by Crippen LogP contribution is -2.36. The maximum absolute atomic E-state index is 11.5. The van der Waals surface area contributed by atoms with Crippen LogP contribution in [0.15, 0.2) is 11.6 Å². The molecular weight excluding hydrogens is 218 g/mol. The number of carbonyl (C=O) groups excluding carboxylic acids is 1. The molecule has 0 bridgehead atoms. The molecule has 4 heteroatoms. The van der Waals surface area contributed by atoms with Gasteiger partial charge in [0.2, 0.25) is 0 Å². The molecular formula is C13H21NO3. The standard InChI is InChI=1S/C13H21NO3/c1-3-9(2)13(16)17-8-10-4-6-14-7-5-11(15)12(10)14/h3,10-12,15H,4-8H2,1-2H3/b9-3-/t10-,11-,12-/m1/s1. The van der Waals surface area contributed by atoms with E-state index < -0.39 is 0 Å². The molecule has 0 aliphatic carbocycles. The zero-order valence-electron chi connectivity index (χ0n) is 10.6. The second-order valence-electron chi connectivity index (χ2n) is 5.00. The zero-order valence-corrected chi connectivity index (χ0v) is 10.6. The third kappa shape index (κ3) is 2.53. The van der Waals surface area contributed by atoms with Gasteiger partial charge in [-0.2, -0.15) is 0 Å². The highest BCUT2D eigenvalue weighted by atomic mass is 16.5. The molecule has 2 aliphatic rings. The third-order valence-corrected chi connectivity index (χ3v) is 3.98. The Morgan fingerprint density at radius 3 is 2.88 bits per heavy atom. The summed E-state index contributed by atoms with van der Waals surface area (Å²) < 4.78 is 5.29. The molecule has 0 aromatic rings. The summed E-state index contributed by atoms with van der Waals surface area (Å²) in [6.45, 7) is 6.02. The van der Waals surface area contributed by atoms with E-state index in [0.717, 1.165) is 25.9 Å². The SMILES string of the molecule is C/C=C(/C)C(=O)OC[C@H]1CCN2CC[C@@H](O)[C@@H]12. The van der Waals surface area contributed by atoms with E-state index in [1.807, 2.05) is 6.92 Å². The Morgan fingerprint density at radius 1 is 1.47 bits per heavy atom. The molecule has 2 heterocycles. The fraction of sp³-hybridized carbons (Fsp3) is 0.769. The van der Waals surface area contributed by atoms with Crippen LogP contribution in [-0.4, -0.2) is 47.8 Å². The minimum atomic E-state index is -0.246. The minimum absolute atomic E-state index is 0.203. The van der Waals surface area contributed by atoms with Crippen molar-refractivity contribution in [2.45, 2.75) is 38.8 Å². The van der Waals surface area contributed by atoms with E-state index >= 15 is 0 Å². The fourth-order valence-electron chi connectivity index (χ4n) is 2.83. The van der Waals surface area contributed by atoms with Crippen LogP contribution in [-0.2, 0) is 9.53 Å². The zero-order chi connectivity index (χ0) is 12.4. The molecule has 0 spiro atoms. The summed E-state index contributed by atoms with van der Waals surface area (Å²) in [5.41, 5.74) is 0.645. The van der Waals surface area contributed by atoms with Crippen molar-refractivity contribution in [2.24, 2.45) is 5.92 Å². The van der Waals surface area contributed by atoms with E-state index in [4.69, 9.17) is 4.74 Å². The van der Waals surface area contributed by atoms with Crippen molar-refractivity contribution >= 4 is 5.97 Å². The quantitative estimate of drug-likeness (QED) is 0.588. The molecule has 0 unspecified atom stereocenters. The van der Waals surface area contributed by atoms with Crippen LogP contribution in [0.1, 0.15) is 26.7 Å². The van der Waals surface area contributed by atoms with Crippen molar-refractivity contribution in [2.75, 3.05) is 19.7 Å². The molecule has 0 radical (unpaired) electrons. The van der Waals surface area contributed by atoms with Crippen LogP contribution >= 0.6 is 0 Å². The first-order chi connectivity index (χ1) is 8.13. The maximum Gasteiger partial charge on any atom is 0.333 e. The van der Waals surface area contributed by atoms with Gasteiger partial charge in [0.15, 0.2) is 0 Å². The Bertz CT molecular complexity index is 327. The molecule has 0 aromatic carbocycles. The average molecular weight is 239 g/mol. The van der Waals surface area contributed by atoms with Crippen LogP contribution in [0.5, 0.6) is 0 Å². The molecule has 0 aromatic heterocycles. The summed E-state index contributed by atoms with van der Waals surface area (Å²) >= 11 is 0. The van der Waals surface area contributed by atoms with Crippen molar-refractivity contribution < 1.29 is 14.6 Å². The number of ether oxygens (including phenoxy) is 1. The van der Waals surface area contributed by atoms with Crippen LogP contribution in [0.3, 0.4) is 0 Å².